The van der Waals surface area contributed by atoms with Gasteiger partial charge in [0.1, 0.15) is 0 Å². The molecule has 0 fully saturated rings. The van der Waals surface area contributed by atoms with Crippen molar-refractivity contribution in [3.05, 3.63) is 0 Å². The minimum absolute atomic E-state index is 0. The molecule has 0 aromatic rings. The van der Waals surface area contributed by atoms with Crippen molar-refractivity contribution in [2.45, 2.75) is 6.92 Å². The largest absolute Gasteiger partial charge is 0.331 e. The highest BCUT2D eigenvalue weighted by Gasteiger charge is 1.32. The summed E-state index contributed by atoms with van der Waals surface area (Å²) in [7, 11) is 0. The fourth-order valence-electron chi connectivity index (χ4n) is 0. The van der Waals surface area contributed by atoms with E-state index in [1.165, 1.54) is 0 Å². The molecule has 0 bridgehead atoms. The number of hydrogen-bond acceptors (Lipinski definition) is 1. The summed E-state index contributed by atoms with van der Waals surface area (Å²) < 4.78 is 0. The van der Waals surface area contributed by atoms with Crippen LogP contribution in [0.15, 0.2) is 0 Å². The Morgan fingerprint density at radius 1 is 1.00 bits per heavy atom. The molecule has 0 aliphatic rings. The monoisotopic (exact) mass is 125 g/mol. The molecule has 0 aromatic heterocycles. The van der Waals surface area contributed by atoms with Gasteiger partial charge >= 0.3 is 0 Å². The zero-order valence-electron chi connectivity index (χ0n) is 3.92. The second kappa shape index (κ2) is 269. The molecule has 0 saturated carbocycles. The molecule has 0 aliphatic carbocycles. The summed E-state index contributed by atoms with van der Waals surface area (Å²) in [6.07, 6.45) is 0. The molecule has 7 heavy (non-hydrogen) atoms. The smallest absolute Gasteiger partial charge is 0.0106 e. The third-order valence-electron chi connectivity index (χ3n) is 0. The molecule has 0 saturated heterocycles. The maximum Gasteiger partial charge on any atom is -0.0106 e. The summed E-state index contributed by atoms with van der Waals surface area (Å²) in [5.74, 6) is 0. The average Bonchev–Trinajstić information content (AvgIpc) is 0.918. The minimum atomic E-state index is 0. The van der Waals surface area contributed by atoms with E-state index in [1.54, 1.807) is 0 Å². The molecule has 0 amide bonds. The summed E-state index contributed by atoms with van der Waals surface area (Å²) in [6.45, 7) is 2.65. The summed E-state index contributed by atoms with van der Waals surface area (Å²) in [6, 6.07) is 0. The van der Waals surface area contributed by atoms with Crippen molar-refractivity contribution >= 4 is 0 Å². The van der Waals surface area contributed by atoms with Gasteiger partial charge in [0.25, 0.3) is 0 Å². The Kier molecular flexibility index (Phi) is 2930. The molecular weight excluding hydrogens is 114 g/mol. The van der Waals surface area contributed by atoms with Crippen LogP contribution in [-0.4, -0.2) is 6.54 Å². The fourth-order valence-corrected chi connectivity index (χ4v) is 0. The zero-order valence-corrected chi connectivity index (χ0v) is 3.92. The van der Waals surface area contributed by atoms with E-state index in [0.717, 1.165) is 6.54 Å². The maximum absolute atomic E-state index is 4.85. The van der Waals surface area contributed by atoms with Crippen LogP contribution < -0.4 is 5.73 Å². The molecule has 0 rings (SSSR count). The highest BCUT2D eigenvalue weighted by Crippen LogP contribution is 1.20. The van der Waals surface area contributed by atoms with Gasteiger partial charge in [-0.15, -0.1) is 0 Å². The predicted molar refractivity (Wildman–Crippen MR) is 24.7 cm³/mol. The normalized spacial score (nSPS) is 2.57. The molecule has 5 heteroatoms. The number of rotatable bonds is 0. The summed E-state index contributed by atoms with van der Waals surface area (Å²) >= 11 is 0. The third kappa shape index (κ3) is 751. The summed E-state index contributed by atoms with van der Waals surface area (Å²) in [4.78, 5) is 0. The Labute approximate surface area is 39.4 Å². The second-order valence-electron chi connectivity index (χ2n) is 0.408. The van der Waals surface area contributed by atoms with Crippen LogP contribution in [0.25, 0.3) is 0 Å². The van der Waals surface area contributed by atoms with Crippen molar-refractivity contribution in [1.82, 2.24) is 0 Å². The lowest BCUT2D eigenvalue weighted by atomic mass is 10.8. The fraction of sp³-hybridized carbons (Fsp3) is 1.00. The second-order valence-corrected chi connectivity index (χ2v) is 0.408. The first-order valence-electron chi connectivity index (χ1n) is 1.12. The summed E-state index contributed by atoms with van der Waals surface area (Å²) in [5.41, 5.74) is 4.85. The highest BCUT2D eigenvalue weighted by atomic mass is 19.0. The van der Waals surface area contributed by atoms with Crippen molar-refractivity contribution in [1.29, 1.82) is 0 Å². The number of halogens is 4. The van der Waals surface area contributed by atoms with E-state index in [2.05, 4.69) is 0 Å². The number of hydrogen-bond donors (Lipinski definition) is 1. The van der Waals surface area contributed by atoms with Crippen molar-refractivity contribution < 1.29 is 18.8 Å². The lowest BCUT2D eigenvalue weighted by Crippen LogP contribution is -1.87. The predicted octanol–water partition coefficient (Wildman–Crippen LogP) is 0.575. The van der Waals surface area contributed by atoms with Crippen molar-refractivity contribution in [3.8, 4) is 0 Å². The van der Waals surface area contributed by atoms with Gasteiger partial charge < -0.3 is 5.73 Å². The van der Waals surface area contributed by atoms with Gasteiger partial charge in [0.05, 0.1) is 0 Å². The zero-order chi connectivity index (χ0) is 2.71. The van der Waals surface area contributed by atoms with Crippen LogP contribution in [0.4, 0.5) is 18.8 Å². The van der Waals surface area contributed by atoms with E-state index >= 15 is 0 Å². The van der Waals surface area contributed by atoms with Crippen LogP contribution in [0.2, 0.25) is 0 Å². The Bertz CT molecular complexity index is 9.65. The Hall–Kier alpha value is -0.320. The first-order valence-corrected chi connectivity index (χ1v) is 1.12. The molecule has 52 valence electrons. The Morgan fingerprint density at radius 3 is 1.00 bits per heavy atom. The maximum atomic E-state index is 4.85. The van der Waals surface area contributed by atoms with Gasteiger partial charge in [-0.2, -0.15) is 0 Å². The van der Waals surface area contributed by atoms with Gasteiger partial charge in [0.2, 0.25) is 0 Å². The minimum Gasteiger partial charge on any atom is -0.331 e. The van der Waals surface area contributed by atoms with E-state index in [1.807, 2.05) is 6.92 Å². The van der Waals surface area contributed by atoms with Crippen molar-refractivity contribution in [2.24, 2.45) is 5.73 Å². The molecule has 0 aromatic carbocycles. The van der Waals surface area contributed by atoms with E-state index in [4.69, 9.17) is 5.73 Å². The molecule has 0 spiro atoms. The van der Waals surface area contributed by atoms with Crippen LogP contribution in [0.5, 0.6) is 0 Å². The van der Waals surface area contributed by atoms with Gasteiger partial charge in [0, 0.05) is 0 Å². The van der Waals surface area contributed by atoms with Gasteiger partial charge in [0.15, 0.2) is 0 Å². The van der Waals surface area contributed by atoms with Crippen LogP contribution in [0, 0.1) is 0 Å². The molecule has 0 heterocycles. The first kappa shape index (κ1) is 76.4. The standard InChI is InChI=1S/C2H7N.4FH/c1-2-3;;;;/h2-3H2,1H3;4*1H. The lowest BCUT2D eigenvalue weighted by molar-refractivity contribution is 1.11. The van der Waals surface area contributed by atoms with E-state index < -0.39 is 0 Å². The Balaban J connectivity index is -0.00000000333. The van der Waals surface area contributed by atoms with Gasteiger partial charge in [-0.1, -0.05) is 6.92 Å². The van der Waals surface area contributed by atoms with Gasteiger partial charge in [-0.05, 0) is 6.54 Å². The molecule has 0 aliphatic heterocycles. The highest BCUT2D eigenvalue weighted by molar-refractivity contribution is 4.00. The van der Waals surface area contributed by atoms with Gasteiger partial charge in [-0.3, -0.25) is 18.8 Å². The van der Waals surface area contributed by atoms with Crippen LogP contribution in [0.1, 0.15) is 6.92 Å². The van der Waals surface area contributed by atoms with E-state index in [-0.39, 0.29) is 18.8 Å². The molecule has 0 atom stereocenters. The Morgan fingerprint density at radius 2 is 1.00 bits per heavy atom. The quantitative estimate of drug-likeness (QED) is 0.471. The molecule has 0 radical (unpaired) electrons. The van der Waals surface area contributed by atoms with Crippen molar-refractivity contribution in [2.75, 3.05) is 6.54 Å². The topological polar surface area (TPSA) is 26.0 Å². The van der Waals surface area contributed by atoms with E-state index in [9.17, 15) is 0 Å². The molecular formula is C2H11F4N. The third-order valence-corrected chi connectivity index (χ3v) is 0. The molecule has 1 nitrogen and oxygen atoms in total. The molecule has 0 unspecified atom stereocenters. The summed E-state index contributed by atoms with van der Waals surface area (Å²) in [5, 5.41) is 0. The average molecular weight is 125 g/mol. The van der Waals surface area contributed by atoms with Crippen LogP contribution >= 0.6 is 0 Å². The van der Waals surface area contributed by atoms with E-state index in [0.29, 0.717) is 0 Å². The van der Waals surface area contributed by atoms with Crippen LogP contribution in [-0.2, 0) is 0 Å². The molecule has 2 N–H and O–H groups in total. The first-order chi connectivity index (χ1) is 1.41. The number of nitrogens with two attached hydrogens (primary N) is 1. The van der Waals surface area contributed by atoms with Crippen LogP contribution in [0.3, 0.4) is 0 Å². The van der Waals surface area contributed by atoms with Crippen molar-refractivity contribution in [3.63, 3.8) is 0 Å². The van der Waals surface area contributed by atoms with Gasteiger partial charge in [-0.25, -0.2) is 0 Å². The SMILES string of the molecule is CCN.F.F.F.F. The lowest BCUT2D eigenvalue weighted by Gasteiger charge is -1.53.